The van der Waals surface area contributed by atoms with Gasteiger partial charge in [0.25, 0.3) is 5.91 Å². The number of nitrogens with one attached hydrogen (secondary N) is 1. The van der Waals surface area contributed by atoms with Crippen LogP contribution in [0, 0.1) is 0 Å². The van der Waals surface area contributed by atoms with Crippen molar-refractivity contribution in [3.8, 4) is 0 Å². The lowest BCUT2D eigenvalue weighted by Crippen LogP contribution is -2.15. The van der Waals surface area contributed by atoms with Crippen molar-refractivity contribution >= 4 is 23.3 Å². The van der Waals surface area contributed by atoms with Gasteiger partial charge in [0.15, 0.2) is 5.76 Å². The van der Waals surface area contributed by atoms with Crippen LogP contribution in [0.25, 0.3) is 5.76 Å². The first kappa shape index (κ1) is 19.3. The molecule has 1 heterocycles. The number of amides is 1. The lowest BCUT2D eigenvalue weighted by Gasteiger charge is -2.14. The molecule has 0 radical (unpaired) electrons. The fourth-order valence-corrected chi connectivity index (χ4v) is 3.14. The lowest BCUT2D eigenvalue weighted by molar-refractivity contribution is -0.0136. The number of carbonyl (C=O) groups excluding carboxylic acids is 1. The normalized spacial score (nSPS) is 14.9. The first-order valence-electron chi connectivity index (χ1n) is 9.40. The maximum Gasteiger partial charge on any atom is 0.337 e. The number of carboxylic acid groups (broad SMARTS) is 1. The molecule has 30 heavy (non-hydrogen) atoms. The van der Waals surface area contributed by atoms with Crippen LogP contribution in [0.2, 0.25) is 0 Å². The van der Waals surface area contributed by atoms with Crippen molar-refractivity contribution in [2.24, 2.45) is 0 Å². The maximum atomic E-state index is 12.5. The zero-order valence-electron chi connectivity index (χ0n) is 15.9. The highest BCUT2D eigenvalue weighted by molar-refractivity contribution is 6.08. The van der Waals surface area contributed by atoms with E-state index in [1.54, 1.807) is 42.5 Å². The minimum atomic E-state index is -1.13. The molecule has 0 saturated heterocycles. The van der Waals surface area contributed by atoms with Crippen LogP contribution in [0.5, 0.6) is 0 Å². The molecule has 3 aromatic rings. The molecule has 0 bridgehead atoms. The van der Waals surface area contributed by atoms with Gasteiger partial charge in [-0.05, 0) is 29.8 Å². The number of ether oxygens (including phenoxy) is 2. The third-order valence-electron chi connectivity index (χ3n) is 4.65. The van der Waals surface area contributed by atoms with E-state index in [9.17, 15) is 14.7 Å². The van der Waals surface area contributed by atoms with Gasteiger partial charge in [-0.25, -0.2) is 4.79 Å². The highest BCUT2D eigenvalue weighted by atomic mass is 16.7. The van der Waals surface area contributed by atoms with Gasteiger partial charge in [0, 0.05) is 17.5 Å². The topological polar surface area (TPSA) is 84.9 Å². The van der Waals surface area contributed by atoms with Crippen LogP contribution in [0.15, 0.2) is 85.1 Å². The first-order chi connectivity index (χ1) is 14.6. The van der Waals surface area contributed by atoms with Gasteiger partial charge in [-0.3, -0.25) is 4.79 Å². The summed E-state index contributed by atoms with van der Waals surface area (Å²) in [5, 5.41) is 12.2. The SMILES string of the molecule is O=C(Nc1cc(C2=COC(Cc3ccccc3)O2)ccc1C(=O)O)c1ccccc1. The Morgan fingerprint density at radius 3 is 2.33 bits per heavy atom. The molecule has 150 valence electrons. The summed E-state index contributed by atoms with van der Waals surface area (Å²) >= 11 is 0. The van der Waals surface area contributed by atoms with Gasteiger partial charge >= 0.3 is 5.97 Å². The number of benzene rings is 3. The minimum Gasteiger partial charge on any atom is -0.478 e. The van der Waals surface area contributed by atoms with Crippen molar-refractivity contribution in [3.05, 3.63) is 107 Å². The van der Waals surface area contributed by atoms with E-state index in [1.807, 2.05) is 30.3 Å². The lowest BCUT2D eigenvalue weighted by atomic mass is 10.1. The summed E-state index contributed by atoms with van der Waals surface area (Å²) in [5.41, 5.74) is 2.29. The molecule has 1 aliphatic heterocycles. The van der Waals surface area contributed by atoms with Gasteiger partial charge in [-0.1, -0.05) is 54.6 Å². The summed E-state index contributed by atoms with van der Waals surface area (Å²) in [6.45, 7) is 0. The summed E-state index contributed by atoms with van der Waals surface area (Å²) in [4.78, 5) is 24.1. The van der Waals surface area contributed by atoms with E-state index in [0.29, 0.717) is 23.3 Å². The Morgan fingerprint density at radius 2 is 1.63 bits per heavy atom. The first-order valence-corrected chi connectivity index (χ1v) is 9.40. The molecule has 4 rings (SSSR count). The summed E-state index contributed by atoms with van der Waals surface area (Å²) in [7, 11) is 0. The van der Waals surface area contributed by atoms with Crippen molar-refractivity contribution in [1.82, 2.24) is 0 Å². The van der Waals surface area contributed by atoms with E-state index in [0.717, 1.165) is 5.56 Å². The molecule has 1 aliphatic rings. The van der Waals surface area contributed by atoms with Crippen molar-refractivity contribution in [2.45, 2.75) is 12.7 Å². The second-order valence-corrected chi connectivity index (χ2v) is 6.74. The second-order valence-electron chi connectivity index (χ2n) is 6.74. The number of hydrogen-bond acceptors (Lipinski definition) is 4. The number of carboxylic acids is 1. The van der Waals surface area contributed by atoms with Crippen LogP contribution in [0.4, 0.5) is 5.69 Å². The molecule has 0 aliphatic carbocycles. The van der Waals surface area contributed by atoms with E-state index in [4.69, 9.17) is 9.47 Å². The summed E-state index contributed by atoms with van der Waals surface area (Å²) < 4.78 is 11.5. The van der Waals surface area contributed by atoms with Gasteiger partial charge in [0.1, 0.15) is 6.26 Å². The summed E-state index contributed by atoms with van der Waals surface area (Å²) in [6.07, 6.45) is 1.61. The third-order valence-corrected chi connectivity index (χ3v) is 4.65. The molecule has 6 nitrogen and oxygen atoms in total. The molecule has 0 aromatic heterocycles. The average Bonchev–Trinajstić information content (AvgIpc) is 3.23. The van der Waals surface area contributed by atoms with Gasteiger partial charge in [0.2, 0.25) is 6.29 Å². The summed E-state index contributed by atoms with van der Waals surface area (Å²) in [5.74, 6) is -1.05. The van der Waals surface area contributed by atoms with Crippen LogP contribution >= 0.6 is 0 Å². The second kappa shape index (κ2) is 8.53. The fourth-order valence-electron chi connectivity index (χ4n) is 3.14. The average molecular weight is 401 g/mol. The molecule has 6 heteroatoms. The predicted octanol–water partition coefficient (Wildman–Crippen LogP) is 4.55. The minimum absolute atomic E-state index is 0.0108. The monoisotopic (exact) mass is 401 g/mol. The van der Waals surface area contributed by atoms with Crippen LogP contribution < -0.4 is 5.32 Å². The number of carbonyl (C=O) groups is 2. The highest BCUT2D eigenvalue weighted by Gasteiger charge is 2.23. The maximum absolute atomic E-state index is 12.5. The molecule has 1 unspecified atom stereocenters. The van der Waals surface area contributed by atoms with E-state index >= 15 is 0 Å². The van der Waals surface area contributed by atoms with Crippen molar-refractivity contribution in [2.75, 3.05) is 5.32 Å². The van der Waals surface area contributed by atoms with Crippen molar-refractivity contribution in [1.29, 1.82) is 0 Å². The van der Waals surface area contributed by atoms with E-state index < -0.39 is 18.2 Å². The Balaban J connectivity index is 1.52. The Morgan fingerprint density at radius 1 is 0.933 bits per heavy atom. The van der Waals surface area contributed by atoms with Crippen LogP contribution in [-0.2, 0) is 15.9 Å². The Hall–Kier alpha value is -4.06. The highest BCUT2D eigenvalue weighted by Crippen LogP contribution is 2.29. The molecule has 1 amide bonds. The van der Waals surface area contributed by atoms with E-state index in [2.05, 4.69) is 5.32 Å². The Bertz CT molecular complexity index is 1090. The third kappa shape index (κ3) is 4.33. The quantitative estimate of drug-likeness (QED) is 0.633. The smallest absolute Gasteiger partial charge is 0.337 e. The van der Waals surface area contributed by atoms with Crippen LogP contribution in [0.3, 0.4) is 0 Å². The standard InChI is InChI=1S/C24H19NO5/c26-23(17-9-5-2-6-10-17)25-20-14-18(11-12-19(20)24(27)28)21-15-29-22(30-21)13-16-7-3-1-4-8-16/h1-12,14-15,22H,13H2,(H,25,26)(H,27,28). The van der Waals surface area contributed by atoms with Gasteiger partial charge in [-0.2, -0.15) is 0 Å². The molecular weight excluding hydrogens is 382 g/mol. The Kier molecular flexibility index (Phi) is 5.48. The van der Waals surface area contributed by atoms with E-state index in [-0.39, 0.29) is 11.3 Å². The number of anilines is 1. The predicted molar refractivity (Wildman–Crippen MR) is 112 cm³/mol. The zero-order chi connectivity index (χ0) is 20.9. The van der Waals surface area contributed by atoms with Crippen LogP contribution in [0.1, 0.15) is 31.8 Å². The molecule has 2 N–H and O–H groups in total. The Labute approximate surface area is 173 Å². The fraction of sp³-hybridized carbons (Fsp3) is 0.0833. The van der Waals surface area contributed by atoms with Gasteiger partial charge in [0.05, 0.1) is 11.3 Å². The summed E-state index contributed by atoms with van der Waals surface area (Å²) in [6, 6.07) is 23.1. The largest absolute Gasteiger partial charge is 0.478 e. The molecule has 3 aromatic carbocycles. The molecular formula is C24H19NO5. The van der Waals surface area contributed by atoms with Crippen molar-refractivity contribution in [3.63, 3.8) is 0 Å². The molecule has 0 spiro atoms. The molecule has 0 saturated carbocycles. The zero-order valence-corrected chi connectivity index (χ0v) is 15.9. The number of hydrogen-bond donors (Lipinski definition) is 2. The molecule has 0 fully saturated rings. The molecule has 1 atom stereocenters. The van der Waals surface area contributed by atoms with Crippen LogP contribution in [-0.4, -0.2) is 23.3 Å². The number of rotatable bonds is 6. The van der Waals surface area contributed by atoms with E-state index in [1.165, 1.54) is 12.3 Å². The number of aromatic carboxylic acids is 1. The van der Waals surface area contributed by atoms with Gasteiger partial charge in [-0.15, -0.1) is 0 Å². The van der Waals surface area contributed by atoms with Gasteiger partial charge < -0.3 is 19.9 Å². The van der Waals surface area contributed by atoms with Crippen molar-refractivity contribution < 1.29 is 24.2 Å².